The third kappa shape index (κ3) is 5.47. The first-order chi connectivity index (χ1) is 7.72. The second kappa shape index (κ2) is 7.63. The maximum Gasteiger partial charge on any atom is 0.305 e. The Morgan fingerprint density at radius 2 is 1.94 bits per heavy atom. The highest BCUT2D eigenvalue weighted by molar-refractivity contribution is 5.69. The zero-order chi connectivity index (χ0) is 11.8. The van der Waals surface area contributed by atoms with Gasteiger partial charge in [0.05, 0.1) is 6.61 Å². The first-order valence-corrected chi connectivity index (χ1v) is 6.29. The fourth-order valence-corrected chi connectivity index (χ4v) is 1.81. The summed E-state index contributed by atoms with van der Waals surface area (Å²) in [6.07, 6.45) is 2.39. The van der Waals surface area contributed by atoms with Gasteiger partial charge in [0, 0.05) is 32.6 Å². The van der Waals surface area contributed by atoms with Crippen molar-refractivity contribution in [2.45, 2.75) is 26.2 Å². The molecule has 0 aromatic heterocycles. The lowest BCUT2D eigenvalue weighted by molar-refractivity contribution is -0.143. The minimum atomic E-state index is -0.0454. The van der Waals surface area contributed by atoms with Crippen molar-refractivity contribution in [1.82, 2.24) is 9.80 Å². The Morgan fingerprint density at radius 3 is 2.56 bits per heavy atom. The Labute approximate surface area is 98.5 Å². The molecule has 0 aromatic rings. The van der Waals surface area contributed by atoms with Gasteiger partial charge < -0.3 is 14.5 Å². The molecule has 0 atom stereocenters. The van der Waals surface area contributed by atoms with Gasteiger partial charge in [-0.2, -0.15) is 0 Å². The predicted molar refractivity (Wildman–Crippen MR) is 64.4 cm³/mol. The van der Waals surface area contributed by atoms with E-state index in [2.05, 4.69) is 16.8 Å². The number of likely N-dealkylation sites (N-methyl/N-ethyl adjacent to an activating group) is 1. The van der Waals surface area contributed by atoms with Crippen molar-refractivity contribution in [3.8, 4) is 0 Å². The van der Waals surface area contributed by atoms with Gasteiger partial charge in [0.2, 0.25) is 0 Å². The molecule has 4 nitrogen and oxygen atoms in total. The Kier molecular flexibility index (Phi) is 6.42. The van der Waals surface area contributed by atoms with E-state index in [1.165, 1.54) is 0 Å². The van der Waals surface area contributed by atoms with Crippen LogP contribution < -0.4 is 0 Å². The van der Waals surface area contributed by atoms with Crippen LogP contribution in [0.15, 0.2) is 0 Å². The van der Waals surface area contributed by atoms with Crippen LogP contribution in [0, 0.1) is 0 Å². The van der Waals surface area contributed by atoms with Crippen LogP contribution in [0.4, 0.5) is 0 Å². The lowest BCUT2D eigenvalue weighted by atomic mass is 10.2. The zero-order valence-electron chi connectivity index (χ0n) is 10.6. The molecular formula is C12H24N2O2. The first kappa shape index (κ1) is 13.5. The molecule has 1 aliphatic rings. The Morgan fingerprint density at radius 1 is 1.25 bits per heavy atom. The van der Waals surface area contributed by atoms with Gasteiger partial charge in [0.1, 0.15) is 0 Å². The molecule has 0 spiro atoms. The van der Waals surface area contributed by atoms with E-state index < -0.39 is 0 Å². The van der Waals surface area contributed by atoms with Crippen LogP contribution in [0.25, 0.3) is 0 Å². The second-order valence-electron chi connectivity index (χ2n) is 4.47. The summed E-state index contributed by atoms with van der Waals surface area (Å²) in [6, 6.07) is 0. The molecular weight excluding hydrogens is 204 g/mol. The van der Waals surface area contributed by atoms with Gasteiger partial charge in [0.15, 0.2) is 0 Å². The predicted octanol–water partition coefficient (Wildman–Crippen LogP) is 0.967. The van der Waals surface area contributed by atoms with E-state index in [0.717, 1.165) is 45.6 Å². The number of esters is 1. The maximum atomic E-state index is 11.2. The molecule has 94 valence electrons. The van der Waals surface area contributed by atoms with E-state index in [0.29, 0.717) is 13.0 Å². The summed E-state index contributed by atoms with van der Waals surface area (Å²) >= 11 is 0. The van der Waals surface area contributed by atoms with Crippen LogP contribution in [-0.4, -0.2) is 62.1 Å². The van der Waals surface area contributed by atoms with E-state index in [4.69, 9.17) is 4.74 Å². The third-order valence-electron chi connectivity index (χ3n) is 2.92. The molecule has 0 N–H and O–H groups in total. The second-order valence-corrected chi connectivity index (χ2v) is 4.47. The molecule has 1 rings (SSSR count). The first-order valence-electron chi connectivity index (χ1n) is 6.29. The van der Waals surface area contributed by atoms with Crippen molar-refractivity contribution in [1.29, 1.82) is 0 Å². The number of hydrogen-bond donors (Lipinski definition) is 0. The molecule has 0 amide bonds. The van der Waals surface area contributed by atoms with Crippen LogP contribution >= 0.6 is 0 Å². The standard InChI is InChI=1S/C12H24N2O2/c1-3-11-16-12(15)5-4-6-14-9-7-13(2)8-10-14/h3-11H2,1-2H3. The zero-order valence-corrected chi connectivity index (χ0v) is 10.6. The van der Waals surface area contributed by atoms with Crippen molar-refractivity contribution < 1.29 is 9.53 Å². The maximum absolute atomic E-state index is 11.2. The molecule has 0 unspecified atom stereocenters. The van der Waals surface area contributed by atoms with E-state index in [1.54, 1.807) is 0 Å². The number of carbonyl (C=O) groups excluding carboxylic acids is 1. The van der Waals surface area contributed by atoms with E-state index >= 15 is 0 Å². The van der Waals surface area contributed by atoms with E-state index in [-0.39, 0.29) is 5.97 Å². The van der Waals surface area contributed by atoms with Crippen molar-refractivity contribution >= 4 is 5.97 Å². The molecule has 0 radical (unpaired) electrons. The number of ether oxygens (including phenoxy) is 1. The molecule has 1 aliphatic heterocycles. The smallest absolute Gasteiger partial charge is 0.305 e. The molecule has 0 aromatic carbocycles. The summed E-state index contributed by atoms with van der Waals surface area (Å²) in [7, 11) is 2.15. The highest BCUT2D eigenvalue weighted by atomic mass is 16.5. The van der Waals surface area contributed by atoms with Crippen LogP contribution in [0.5, 0.6) is 0 Å². The van der Waals surface area contributed by atoms with Gasteiger partial charge >= 0.3 is 5.97 Å². The average Bonchev–Trinajstić information content (AvgIpc) is 2.29. The van der Waals surface area contributed by atoms with Gasteiger partial charge in [-0.3, -0.25) is 4.79 Å². The average molecular weight is 228 g/mol. The van der Waals surface area contributed by atoms with Gasteiger partial charge in [-0.25, -0.2) is 0 Å². The number of piperazine rings is 1. The molecule has 1 fully saturated rings. The topological polar surface area (TPSA) is 32.8 Å². The van der Waals surface area contributed by atoms with Gasteiger partial charge in [-0.05, 0) is 26.4 Å². The van der Waals surface area contributed by atoms with Crippen molar-refractivity contribution in [2.75, 3.05) is 46.4 Å². The molecule has 16 heavy (non-hydrogen) atoms. The quantitative estimate of drug-likeness (QED) is 0.634. The highest BCUT2D eigenvalue weighted by Gasteiger charge is 2.13. The molecule has 0 saturated carbocycles. The number of hydrogen-bond acceptors (Lipinski definition) is 4. The normalized spacial score (nSPS) is 18.6. The molecule has 1 saturated heterocycles. The van der Waals surface area contributed by atoms with Crippen LogP contribution in [0.2, 0.25) is 0 Å². The molecule has 4 heteroatoms. The summed E-state index contributed by atoms with van der Waals surface area (Å²) in [5, 5.41) is 0. The number of nitrogens with zero attached hydrogens (tertiary/aromatic N) is 2. The largest absolute Gasteiger partial charge is 0.466 e. The van der Waals surface area contributed by atoms with E-state index in [9.17, 15) is 4.79 Å². The number of rotatable bonds is 6. The summed E-state index contributed by atoms with van der Waals surface area (Å²) < 4.78 is 5.03. The van der Waals surface area contributed by atoms with E-state index in [1.807, 2.05) is 6.92 Å². The molecule has 1 heterocycles. The summed E-state index contributed by atoms with van der Waals surface area (Å²) in [6.45, 7) is 8.13. The van der Waals surface area contributed by atoms with Gasteiger partial charge in [-0.1, -0.05) is 6.92 Å². The van der Waals surface area contributed by atoms with Crippen molar-refractivity contribution in [3.63, 3.8) is 0 Å². The minimum absolute atomic E-state index is 0.0454. The summed E-state index contributed by atoms with van der Waals surface area (Å²) in [5.41, 5.74) is 0. The summed E-state index contributed by atoms with van der Waals surface area (Å²) in [5.74, 6) is -0.0454. The van der Waals surface area contributed by atoms with Crippen LogP contribution in [-0.2, 0) is 9.53 Å². The monoisotopic (exact) mass is 228 g/mol. The Balaban J connectivity index is 2.00. The Hall–Kier alpha value is -0.610. The fraction of sp³-hybridized carbons (Fsp3) is 0.917. The van der Waals surface area contributed by atoms with Crippen LogP contribution in [0.1, 0.15) is 26.2 Å². The number of carbonyl (C=O) groups is 1. The lowest BCUT2D eigenvalue weighted by Crippen LogP contribution is -2.44. The third-order valence-corrected chi connectivity index (χ3v) is 2.92. The lowest BCUT2D eigenvalue weighted by Gasteiger charge is -2.32. The molecule has 0 aliphatic carbocycles. The van der Waals surface area contributed by atoms with Crippen molar-refractivity contribution in [2.24, 2.45) is 0 Å². The van der Waals surface area contributed by atoms with Gasteiger partial charge in [0.25, 0.3) is 0 Å². The molecule has 0 bridgehead atoms. The SMILES string of the molecule is CCCOC(=O)CCCN1CCN(C)CC1. The minimum Gasteiger partial charge on any atom is -0.466 e. The van der Waals surface area contributed by atoms with Crippen molar-refractivity contribution in [3.05, 3.63) is 0 Å². The van der Waals surface area contributed by atoms with Crippen LogP contribution in [0.3, 0.4) is 0 Å². The summed E-state index contributed by atoms with van der Waals surface area (Å²) in [4.78, 5) is 16.0. The Bertz CT molecular complexity index is 201. The fourth-order valence-electron chi connectivity index (χ4n) is 1.81. The highest BCUT2D eigenvalue weighted by Crippen LogP contribution is 2.02. The van der Waals surface area contributed by atoms with Gasteiger partial charge in [-0.15, -0.1) is 0 Å².